The maximum absolute atomic E-state index is 12.5. The highest BCUT2D eigenvalue weighted by Crippen LogP contribution is 2.25. The van der Waals surface area contributed by atoms with Gasteiger partial charge < -0.3 is 9.80 Å². The molecule has 128 valence electrons. The fourth-order valence-electron chi connectivity index (χ4n) is 3.78. The molecule has 1 atom stereocenters. The Bertz CT molecular complexity index is 519. The summed E-state index contributed by atoms with van der Waals surface area (Å²) in [6.07, 6.45) is 7.64. The second-order valence-electron chi connectivity index (χ2n) is 7.48. The first-order valence-corrected chi connectivity index (χ1v) is 9.16. The number of aromatic nitrogens is 2. The van der Waals surface area contributed by atoms with Crippen LogP contribution >= 0.6 is 0 Å². The van der Waals surface area contributed by atoms with Gasteiger partial charge in [-0.05, 0) is 44.3 Å². The molecule has 0 saturated carbocycles. The van der Waals surface area contributed by atoms with E-state index < -0.39 is 0 Å². The molecule has 2 aliphatic rings. The van der Waals surface area contributed by atoms with Crippen LogP contribution in [-0.4, -0.2) is 51.7 Å². The van der Waals surface area contributed by atoms with E-state index in [2.05, 4.69) is 34.6 Å². The quantitative estimate of drug-likeness (QED) is 0.838. The molecule has 0 bridgehead atoms. The summed E-state index contributed by atoms with van der Waals surface area (Å²) in [6, 6.07) is 2.38. The predicted octanol–water partition coefficient (Wildman–Crippen LogP) is 2.69. The topological polar surface area (TPSA) is 41.4 Å². The number of rotatable bonds is 5. The third-order valence-corrected chi connectivity index (χ3v) is 5.04. The molecule has 0 aromatic carbocycles. The summed E-state index contributed by atoms with van der Waals surface area (Å²) in [6.45, 7) is 9.33. The molecule has 1 saturated heterocycles. The van der Waals surface area contributed by atoms with Gasteiger partial charge in [0.1, 0.15) is 0 Å². The van der Waals surface area contributed by atoms with Crippen LogP contribution in [0.25, 0.3) is 0 Å². The van der Waals surface area contributed by atoms with Crippen LogP contribution in [0.3, 0.4) is 0 Å². The lowest BCUT2D eigenvalue weighted by Crippen LogP contribution is -2.43. The van der Waals surface area contributed by atoms with Crippen LogP contribution in [0.4, 0.5) is 0 Å². The van der Waals surface area contributed by atoms with Gasteiger partial charge in [-0.3, -0.25) is 9.48 Å². The number of hydrogen-bond acceptors (Lipinski definition) is 3. The highest BCUT2D eigenvalue weighted by Gasteiger charge is 2.28. The Morgan fingerprint density at radius 3 is 2.83 bits per heavy atom. The van der Waals surface area contributed by atoms with Gasteiger partial charge in [-0.25, -0.2) is 0 Å². The number of hydrogen-bond donors (Lipinski definition) is 0. The fourth-order valence-corrected chi connectivity index (χ4v) is 3.78. The number of carbonyl (C=O) groups is 1. The first-order chi connectivity index (χ1) is 11.1. The maximum Gasteiger partial charge on any atom is 0.223 e. The van der Waals surface area contributed by atoms with E-state index >= 15 is 0 Å². The lowest BCUT2D eigenvalue weighted by atomic mass is 10.1. The van der Waals surface area contributed by atoms with Crippen molar-refractivity contribution >= 4 is 5.91 Å². The summed E-state index contributed by atoms with van der Waals surface area (Å²) >= 11 is 0. The van der Waals surface area contributed by atoms with Crippen LogP contribution in [0.2, 0.25) is 0 Å². The number of fused-ring (bicyclic) bond motifs is 1. The molecular weight excluding hydrogens is 288 g/mol. The zero-order chi connectivity index (χ0) is 16.2. The zero-order valence-electron chi connectivity index (χ0n) is 14.6. The van der Waals surface area contributed by atoms with E-state index in [1.807, 2.05) is 11.1 Å². The Kier molecular flexibility index (Phi) is 5.36. The van der Waals surface area contributed by atoms with Crippen LogP contribution in [0.1, 0.15) is 57.7 Å². The van der Waals surface area contributed by atoms with Crippen LogP contribution < -0.4 is 0 Å². The van der Waals surface area contributed by atoms with Crippen molar-refractivity contribution in [3.05, 3.63) is 18.0 Å². The predicted molar refractivity (Wildman–Crippen MR) is 91.0 cm³/mol. The van der Waals surface area contributed by atoms with Crippen molar-refractivity contribution in [2.75, 3.05) is 26.2 Å². The van der Waals surface area contributed by atoms with E-state index in [-0.39, 0.29) is 5.91 Å². The molecule has 0 N–H and O–H groups in total. The molecule has 3 rings (SSSR count). The van der Waals surface area contributed by atoms with Crippen molar-refractivity contribution in [3.63, 3.8) is 0 Å². The number of amides is 1. The highest BCUT2D eigenvalue weighted by molar-refractivity contribution is 5.76. The summed E-state index contributed by atoms with van der Waals surface area (Å²) in [5, 5.41) is 4.52. The minimum atomic E-state index is 0.287. The van der Waals surface area contributed by atoms with Crippen molar-refractivity contribution in [2.24, 2.45) is 5.92 Å². The van der Waals surface area contributed by atoms with Gasteiger partial charge in [0.05, 0.1) is 18.3 Å². The van der Waals surface area contributed by atoms with Crippen LogP contribution in [0.5, 0.6) is 0 Å². The Balaban J connectivity index is 1.63. The Morgan fingerprint density at radius 1 is 1.30 bits per heavy atom. The first kappa shape index (κ1) is 16.5. The molecule has 5 nitrogen and oxygen atoms in total. The average Bonchev–Trinajstić information content (AvgIpc) is 3.01. The van der Waals surface area contributed by atoms with E-state index in [0.29, 0.717) is 24.9 Å². The van der Waals surface area contributed by atoms with Crippen LogP contribution in [0.15, 0.2) is 12.3 Å². The van der Waals surface area contributed by atoms with E-state index in [4.69, 9.17) is 0 Å². The van der Waals surface area contributed by atoms with Crippen molar-refractivity contribution in [3.8, 4) is 0 Å². The summed E-state index contributed by atoms with van der Waals surface area (Å²) in [4.78, 5) is 17.1. The van der Waals surface area contributed by atoms with Gasteiger partial charge in [0.25, 0.3) is 0 Å². The van der Waals surface area contributed by atoms with Gasteiger partial charge in [-0.15, -0.1) is 0 Å². The molecule has 0 radical (unpaired) electrons. The molecule has 0 aliphatic carbocycles. The summed E-state index contributed by atoms with van der Waals surface area (Å²) in [7, 11) is 0. The van der Waals surface area contributed by atoms with E-state index in [0.717, 1.165) is 19.5 Å². The van der Waals surface area contributed by atoms with E-state index in [1.54, 1.807) is 0 Å². The van der Waals surface area contributed by atoms with Crippen LogP contribution in [0, 0.1) is 5.92 Å². The lowest BCUT2D eigenvalue weighted by molar-refractivity contribution is -0.134. The van der Waals surface area contributed by atoms with E-state index in [9.17, 15) is 4.79 Å². The molecule has 23 heavy (non-hydrogen) atoms. The van der Waals surface area contributed by atoms with Gasteiger partial charge in [-0.1, -0.05) is 20.3 Å². The molecule has 2 aliphatic heterocycles. The second-order valence-corrected chi connectivity index (χ2v) is 7.48. The normalized spacial score (nSPS) is 22.4. The average molecular weight is 318 g/mol. The molecule has 5 heteroatoms. The molecule has 1 fully saturated rings. The van der Waals surface area contributed by atoms with Crippen LogP contribution in [-0.2, 0) is 11.3 Å². The maximum atomic E-state index is 12.5. The van der Waals surface area contributed by atoms with Gasteiger partial charge in [0.15, 0.2) is 0 Å². The van der Waals surface area contributed by atoms with Gasteiger partial charge >= 0.3 is 0 Å². The standard InChI is InChI=1S/C18H30N4O/c1-15(2)12-18(23)21-13-16-6-8-19-22(16)17(14-21)7-11-20-9-4-3-5-10-20/h6,8,15,17H,3-5,7,9-14H2,1-2H3. The lowest BCUT2D eigenvalue weighted by Gasteiger charge is -2.36. The van der Waals surface area contributed by atoms with Crippen molar-refractivity contribution in [1.82, 2.24) is 19.6 Å². The molecule has 3 heterocycles. The van der Waals surface area contributed by atoms with Gasteiger partial charge in [0.2, 0.25) is 5.91 Å². The molecular formula is C18H30N4O. The molecule has 1 unspecified atom stereocenters. The minimum absolute atomic E-state index is 0.287. The largest absolute Gasteiger partial charge is 0.335 e. The fraction of sp³-hybridized carbons (Fsp3) is 0.778. The highest BCUT2D eigenvalue weighted by atomic mass is 16.2. The van der Waals surface area contributed by atoms with Crippen molar-refractivity contribution in [1.29, 1.82) is 0 Å². The van der Waals surface area contributed by atoms with Gasteiger partial charge in [-0.2, -0.15) is 5.10 Å². The summed E-state index contributed by atoms with van der Waals surface area (Å²) < 4.78 is 2.16. The summed E-state index contributed by atoms with van der Waals surface area (Å²) in [5.41, 5.74) is 1.18. The Labute approximate surface area is 139 Å². The van der Waals surface area contributed by atoms with E-state index in [1.165, 1.54) is 38.0 Å². The smallest absolute Gasteiger partial charge is 0.223 e. The number of carbonyl (C=O) groups excluding carboxylic acids is 1. The summed E-state index contributed by atoms with van der Waals surface area (Å²) in [5.74, 6) is 0.705. The number of likely N-dealkylation sites (tertiary alicyclic amines) is 1. The first-order valence-electron chi connectivity index (χ1n) is 9.16. The number of piperidine rings is 1. The third-order valence-electron chi connectivity index (χ3n) is 5.04. The van der Waals surface area contributed by atoms with Crippen molar-refractivity contribution < 1.29 is 4.79 Å². The molecule has 0 spiro atoms. The monoisotopic (exact) mass is 318 g/mol. The molecule has 1 aromatic rings. The zero-order valence-corrected chi connectivity index (χ0v) is 14.6. The number of nitrogens with zero attached hydrogens (tertiary/aromatic N) is 4. The molecule has 1 aromatic heterocycles. The van der Waals surface area contributed by atoms with Gasteiger partial charge in [0, 0.05) is 25.7 Å². The molecule has 1 amide bonds. The third kappa shape index (κ3) is 4.14. The Morgan fingerprint density at radius 2 is 2.09 bits per heavy atom. The second kappa shape index (κ2) is 7.47. The Hall–Kier alpha value is -1.36. The minimum Gasteiger partial charge on any atom is -0.335 e. The SMILES string of the molecule is CC(C)CC(=O)N1Cc2ccnn2C(CCN2CCCCC2)C1. The van der Waals surface area contributed by atoms with Crippen molar-refractivity contribution in [2.45, 2.75) is 58.5 Å².